The van der Waals surface area contributed by atoms with E-state index in [9.17, 15) is 9.59 Å². The number of nitrogens with one attached hydrogen (secondary N) is 2. The zero-order chi connectivity index (χ0) is 16.2. The summed E-state index contributed by atoms with van der Waals surface area (Å²) in [6.45, 7) is 0. The maximum absolute atomic E-state index is 12.3. The number of benzene rings is 1. The fraction of sp³-hybridized carbons (Fsp3) is 0.235. The molecule has 0 atom stereocenters. The Balaban J connectivity index is 1.67. The molecule has 23 heavy (non-hydrogen) atoms. The molecule has 1 heterocycles. The van der Waals surface area contributed by atoms with E-state index in [0.717, 1.165) is 12.8 Å². The van der Waals surface area contributed by atoms with E-state index < -0.39 is 0 Å². The molecule has 1 saturated carbocycles. The number of amides is 2. The van der Waals surface area contributed by atoms with Crippen LogP contribution in [-0.4, -0.2) is 29.9 Å². The van der Waals surface area contributed by atoms with Gasteiger partial charge in [-0.2, -0.15) is 0 Å². The summed E-state index contributed by atoms with van der Waals surface area (Å²) in [4.78, 5) is 28.2. The topological polar surface area (TPSA) is 80.3 Å². The zero-order valence-corrected chi connectivity index (χ0v) is 12.7. The van der Waals surface area contributed by atoms with Crippen LogP contribution in [0.1, 0.15) is 33.6 Å². The lowest BCUT2D eigenvalue weighted by Crippen LogP contribution is -2.25. The van der Waals surface area contributed by atoms with E-state index in [1.54, 1.807) is 42.6 Å². The highest BCUT2D eigenvalue weighted by Gasteiger charge is 2.23. The van der Waals surface area contributed by atoms with Gasteiger partial charge in [-0.25, -0.2) is 4.98 Å². The largest absolute Gasteiger partial charge is 0.480 e. The predicted molar refractivity (Wildman–Crippen MR) is 85.7 cm³/mol. The standard InChI is InChI=1S/C17H17N3O3/c1-23-17-14(3-2-10-18-17)16(22)20-12-6-4-11(5-7-12)15(21)19-13-8-9-13/h2-7,10,13H,8-9H2,1H3,(H,19,21)(H,20,22). The third kappa shape index (κ3) is 3.66. The smallest absolute Gasteiger partial charge is 0.261 e. The van der Waals surface area contributed by atoms with Crippen molar-refractivity contribution in [3.05, 3.63) is 53.7 Å². The van der Waals surface area contributed by atoms with Crippen LogP contribution in [0.4, 0.5) is 5.69 Å². The van der Waals surface area contributed by atoms with Crippen molar-refractivity contribution in [1.82, 2.24) is 10.3 Å². The van der Waals surface area contributed by atoms with Crippen molar-refractivity contribution in [3.63, 3.8) is 0 Å². The first-order valence-electron chi connectivity index (χ1n) is 7.38. The van der Waals surface area contributed by atoms with E-state index in [4.69, 9.17) is 4.74 Å². The van der Waals surface area contributed by atoms with E-state index in [0.29, 0.717) is 22.9 Å². The summed E-state index contributed by atoms with van der Waals surface area (Å²) >= 11 is 0. The van der Waals surface area contributed by atoms with E-state index in [2.05, 4.69) is 15.6 Å². The summed E-state index contributed by atoms with van der Waals surface area (Å²) in [5, 5.41) is 5.68. The summed E-state index contributed by atoms with van der Waals surface area (Å²) in [5.74, 6) is -0.130. The molecule has 2 amide bonds. The highest BCUT2D eigenvalue weighted by molar-refractivity contribution is 6.06. The van der Waals surface area contributed by atoms with Crippen LogP contribution in [0, 0.1) is 0 Å². The van der Waals surface area contributed by atoms with Gasteiger partial charge in [-0.3, -0.25) is 9.59 Å². The fourth-order valence-electron chi connectivity index (χ4n) is 2.13. The van der Waals surface area contributed by atoms with Crippen molar-refractivity contribution in [2.75, 3.05) is 12.4 Å². The van der Waals surface area contributed by atoms with Crippen LogP contribution in [0.2, 0.25) is 0 Å². The Labute approximate surface area is 133 Å². The van der Waals surface area contributed by atoms with Crippen molar-refractivity contribution in [2.45, 2.75) is 18.9 Å². The quantitative estimate of drug-likeness (QED) is 0.887. The van der Waals surface area contributed by atoms with Crippen LogP contribution in [0.3, 0.4) is 0 Å². The van der Waals surface area contributed by atoms with Crippen LogP contribution >= 0.6 is 0 Å². The molecule has 0 radical (unpaired) electrons. The molecule has 2 aromatic rings. The second-order valence-electron chi connectivity index (χ2n) is 5.34. The maximum atomic E-state index is 12.3. The lowest BCUT2D eigenvalue weighted by molar-refractivity contribution is 0.0950. The molecule has 0 aliphatic heterocycles. The van der Waals surface area contributed by atoms with Gasteiger partial charge < -0.3 is 15.4 Å². The Hall–Kier alpha value is -2.89. The molecule has 0 spiro atoms. The molecule has 0 saturated heterocycles. The minimum Gasteiger partial charge on any atom is -0.480 e. The minimum absolute atomic E-state index is 0.0840. The van der Waals surface area contributed by atoms with Crippen molar-refractivity contribution < 1.29 is 14.3 Å². The van der Waals surface area contributed by atoms with E-state index in [-0.39, 0.29) is 17.7 Å². The third-order valence-corrected chi connectivity index (χ3v) is 3.53. The first kappa shape index (κ1) is 15.0. The summed E-state index contributed by atoms with van der Waals surface area (Å²) in [6.07, 6.45) is 3.66. The summed E-state index contributed by atoms with van der Waals surface area (Å²) < 4.78 is 5.07. The summed E-state index contributed by atoms with van der Waals surface area (Å²) in [6, 6.07) is 10.4. The number of rotatable bonds is 5. The van der Waals surface area contributed by atoms with Gasteiger partial charge in [0.15, 0.2) is 0 Å². The van der Waals surface area contributed by atoms with Gasteiger partial charge in [-0.1, -0.05) is 0 Å². The monoisotopic (exact) mass is 311 g/mol. The van der Waals surface area contributed by atoms with Gasteiger partial charge in [0.1, 0.15) is 5.56 Å². The molecule has 1 aliphatic carbocycles. The Morgan fingerprint density at radius 1 is 1.13 bits per heavy atom. The second kappa shape index (κ2) is 6.48. The van der Waals surface area contributed by atoms with E-state index in [1.165, 1.54) is 7.11 Å². The lowest BCUT2D eigenvalue weighted by Gasteiger charge is -2.09. The first-order valence-corrected chi connectivity index (χ1v) is 7.38. The minimum atomic E-state index is -0.315. The molecule has 6 nitrogen and oxygen atoms in total. The average Bonchev–Trinajstić information content (AvgIpc) is 3.39. The number of ether oxygens (including phenoxy) is 1. The molecule has 0 bridgehead atoms. The molecule has 6 heteroatoms. The van der Waals surface area contributed by atoms with Crippen molar-refractivity contribution in [1.29, 1.82) is 0 Å². The Bertz CT molecular complexity index is 724. The second-order valence-corrected chi connectivity index (χ2v) is 5.34. The molecule has 1 aromatic carbocycles. The Kier molecular flexibility index (Phi) is 4.23. The van der Waals surface area contributed by atoms with Crippen molar-refractivity contribution >= 4 is 17.5 Å². The fourth-order valence-corrected chi connectivity index (χ4v) is 2.13. The molecule has 3 rings (SSSR count). The number of hydrogen-bond acceptors (Lipinski definition) is 4. The number of nitrogens with zero attached hydrogens (tertiary/aromatic N) is 1. The number of hydrogen-bond donors (Lipinski definition) is 2. The number of pyridine rings is 1. The number of aromatic nitrogens is 1. The van der Waals surface area contributed by atoms with Gasteiger partial charge in [0.2, 0.25) is 5.88 Å². The Morgan fingerprint density at radius 3 is 2.52 bits per heavy atom. The van der Waals surface area contributed by atoms with Crippen LogP contribution in [0.15, 0.2) is 42.6 Å². The van der Waals surface area contributed by atoms with Gasteiger partial charge in [0, 0.05) is 23.5 Å². The number of carbonyl (C=O) groups is 2. The first-order chi connectivity index (χ1) is 11.2. The molecule has 1 aliphatic rings. The summed E-state index contributed by atoms with van der Waals surface area (Å²) in [5.41, 5.74) is 1.53. The number of anilines is 1. The highest BCUT2D eigenvalue weighted by atomic mass is 16.5. The zero-order valence-electron chi connectivity index (χ0n) is 12.7. The SMILES string of the molecule is COc1ncccc1C(=O)Nc1ccc(C(=O)NC2CC2)cc1. The Morgan fingerprint density at radius 2 is 1.87 bits per heavy atom. The van der Waals surface area contributed by atoms with Gasteiger partial charge in [0.25, 0.3) is 11.8 Å². The van der Waals surface area contributed by atoms with Crippen molar-refractivity contribution in [2.24, 2.45) is 0 Å². The molecular weight excluding hydrogens is 294 g/mol. The molecule has 1 fully saturated rings. The number of carbonyl (C=O) groups excluding carboxylic acids is 2. The van der Waals surface area contributed by atoms with Gasteiger partial charge in [-0.05, 0) is 49.2 Å². The van der Waals surface area contributed by atoms with E-state index in [1.807, 2.05) is 0 Å². The highest BCUT2D eigenvalue weighted by Crippen LogP contribution is 2.20. The van der Waals surface area contributed by atoms with Gasteiger partial charge in [0.05, 0.1) is 7.11 Å². The van der Waals surface area contributed by atoms with Crippen LogP contribution in [0.25, 0.3) is 0 Å². The number of methoxy groups -OCH3 is 1. The normalized spacial score (nSPS) is 13.3. The molecule has 2 N–H and O–H groups in total. The molecule has 1 aromatic heterocycles. The molecular formula is C17H17N3O3. The maximum Gasteiger partial charge on any atom is 0.261 e. The van der Waals surface area contributed by atoms with Crippen molar-refractivity contribution in [3.8, 4) is 5.88 Å². The van der Waals surface area contributed by atoms with Gasteiger partial charge >= 0.3 is 0 Å². The third-order valence-electron chi connectivity index (χ3n) is 3.53. The molecule has 118 valence electrons. The average molecular weight is 311 g/mol. The van der Waals surface area contributed by atoms with E-state index >= 15 is 0 Å². The lowest BCUT2D eigenvalue weighted by atomic mass is 10.2. The van der Waals surface area contributed by atoms with Gasteiger partial charge in [-0.15, -0.1) is 0 Å². The van der Waals surface area contributed by atoms with Crippen LogP contribution < -0.4 is 15.4 Å². The predicted octanol–water partition coefficient (Wildman–Crippen LogP) is 2.23. The molecule has 0 unspecified atom stereocenters. The van der Waals surface area contributed by atoms with Crippen LogP contribution in [-0.2, 0) is 0 Å². The van der Waals surface area contributed by atoms with Crippen LogP contribution in [0.5, 0.6) is 5.88 Å². The summed E-state index contributed by atoms with van der Waals surface area (Å²) in [7, 11) is 1.46.